The summed E-state index contributed by atoms with van der Waals surface area (Å²) < 4.78 is 0.473. The van der Waals surface area contributed by atoms with Crippen LogP contribution in [0.5, 0.6) is 0 Å². The van der Waals surface area contributed by atoms with Crippen LogP contribution in [-0.4, -0.2) is 21.0 Å². The standard InChI is InChI=1S/C27H22N2O2S2/c1-17-12-14-19(15-13-17)16-28-22-11-7-6-10-21(22)23(25(28)30)24-26(31)29(27(32)33-24)18(2)20-8-4-3-5-9-20/h3-15,18H,16H2,1-2H3/b24-23+. The summed E-state index contributed by atoms with van der Waals surface area (Å²) in [7, 11) is 0. The van der Waals surface area contributed by atoms with E-state index >= 15 is 0 Å². The zero-order chi connectivity index (χ0) is 23.1. The van der Waals surface area contributed by atoms with Gasteiger partial charge in [0, 0.05) is 5.56 Å². The van der Waals surface area contributed by atoms with Gasteiger partial charge in [0.1, 0.15) is 4.32 Å². The van der Waals surface area contributed by atoms with Crippen molar-refractivity contribution in [2.75, 3.05) is 4.90 Å². The molecule has 0 radical (unpaired) electrons. The third-order valence-electron chi connectivity index (χ3n) is 6.08. The molecule has 2 heterocycles. The van der Waals surface area contributed by atoms with E-state index < -0.39 is 0 Å². The second-order valence-electron chi connectivity index (χ2n) is 8.23. The number of carbonyl (C=O) groups excluding carboxylic acids is 2. The van der Waals surface area contributed by atoms with Crippen molar-refractivity contribution in [3.8, 4) is 0 Å². The molecule has 6 heteroatoms. The Hall–Kier alpha value is -3.22. The lowest BCUT2D eigenvalue weighted by Crippen LogP contribution is -2.31. The Morgan fingerprint density at radius 2 is 1.55 bits per heavy atom. The maximum Gasteiger partial charge on any atom is 0.267 e. The fourth-order valence-corrected chi connectivity index (χ4v) is 5.77. The van der Waals surface area contributed by atoms with Crippen LogP contribution in [0.2, 0.25) is 0 Å². The van der Waals surface area contributed by atoms with Gasteiger partial charge in [-0.15, -0.1) is 0 Å². The van der Waals surface area contributed by atoms with E-state index in [1.54, 1.807) is 9.80 Å². The van der Waals surface area contributed by atoms with Crippen molar-refractivity contribution in [1.82, 2.24) is 4.90 Å². The largest absolute Gasteiger partial charge is 0.303 e. The van der Waals surface area contributed by atoms with Gasteiger partial charge < -0.3 is 4.90 Å². The van der Waals surface area contributed by atoms with Gasteiger partial charge in [-0.05, 0) is 31.0 Å². The number of thioether (sulfide) groups is 1. The van der Waals surface area contributed by atoms with Gasteiger partial charge in [0.2, 0.25) is 0 Å². The Morgan fingerprint density at radius 3 is 2.27 bits per heavy atom. The van der Waals surface area contributed by atoms with Crippen molar-refractivity contribution < 1.29 is 9.59 Å². The van der Waals surface area contributed by atoms with Crippen molar-refractivity contribution in [2.24, 2.45) is 0 Å². The summed E-state index contributed by atoms with van der Waals surface area (Å²) in [6.45, 7) is 4.44. The third kappa shape index (κ3) is 3.79. The summed E-state index contributed by atoms with van der Waals surface area (Å²) in [6.07, 6.45) is 0. The van der Waals surface area contributed by atoms with E-state index in [2.05, 4.69) is 0 Å². The number of thiocarbonyl (C=S) groups is 1. The van der Waals surface area contributed by atoms with E-state index in [0.29, 0.717) is 21.3 Å². The van der Waals surface area contributed by atoms with Crippen LogP contribution in [0.3, 0.4) is 0 Å². The molecule has 0 spiro atoms. The number of anilines is 1. The highest BCUT2D eigenvalue weighted by Crippen LogP contribution is 2.46. The molecule has 2 amide bonds. The number of fused-ring (bicyclic) bond motifs is 1. The Kier molecular flexibility index (Phi) is 5.64. The Morgan fingerprint density at radius 1 is 0.879 bits per heavy atom. The van der Waals surface area contributed by atoms with Gasteiger partial charge in [-0.3, -0.25) is 14.5 Å². The van der Waals surface area contributed by atoms with E-state index in [9.17, 15) is 9.59 Å². The highest BCUT2D eigenvalue weighted by molar-refractivity contribution is 8.26. The smallest absolute Gasteiger partial charge is 0.267 e. The van der Waals surface area contributed by atoms with E-state index in [1.807, 2.05) is 92.7 Å². The molecule has 1 saturated heterocycles. The minimum Gasteiger partial charge on any atom is -0.303 e. The average molecular weight is 471 g/mol. The highest BCUT2D eigenvalue weighted by Gasteiger charge is 2.43. The third-order valence-corrected chi connectivity index (χ3v) is 7.48. The molecule has 33 heavy (non-hydrogen) atoms. The minimum atomic E-state index is -0.216. The van der Waals surface area contributed by atoms with Crippen LogP contribution >= 0.6 is 24.0 Å². The van der Waals surface area contributed by atoms with Crippen LogP contribution in [0, 0.1) is 6.92 Å². The molecule has 1 atom stereocenters. The first-order valence-electron chi connectivity index (χ1n) is 10.8. The fourth-order valence-electron chi connectivity index (χ4n) is 4.28. The van der Waals surface area contributed by atoms with Crippen molar-refractivity contribution in [2.45, 2.75) is 26.4 Å². The number of para-hydroxylation sites is 1. The second-order valence-corrected chi connectivity index (χ2v) is 9.87. The van der Waals surface area contributed by atoms with Crippen LogP contribution in [0.15, 0.2) is 83.8 Å². The summed E-state index contributed by atoms with van der Waals surface area (Å²) in [5.74, 6) is -0.374. The van der Waals surface area contributed by atoms with Gasteiger partial charge in [-0.25, -0.2) is 0 Å². The number of amides is 2. The number of carbonyl (C=O) groups is 2. The summed E-state index contributed by atoms with van der Waals surface area (Å²) in [4.78, 5) is 31.0. The number of benzene rings is 3. The molecular formula is C27H22N2O2S2. The summed E-state index contributed by atoms with van der Waals surface area (Å²) in [6, 6.07) is 25.4. The molecule has 4 nitrogen and oxygen atoms in total. The predicted octanol–water partition coefficient (Wildman–Crippen LogP) is 5.87. The SMILES string of the molecule is Cc1ccc(CN2C(=O)/C(=C3/SC(=S)N(C(C)c4ccccc4)C3=O)c3ccccc32)cc1. The monoisotopic (exact) mass is 470 g/mol. The van der Waals surface area contributed by atoms with Gasteiger partial charge in [0.15, 0.2) is 0 Å². The lowest BCUT2D eigenvalue weighted by atomic mass is 10.1. The molecule has 0 aromatic heterocycles. The van der Waals surface area contributed by atoms with E-state index in [0.717, 1.165) is 22.4 Å². The molecule has 1 unspecified atom stereocenters. The molecular weight excluding hydrogens is 448 g/mol. The number of hydrogen-bond donors (Lipinski definition) is 0. The highest BCUT2D eigenvalue weighted by atomic mass is 32.2. The van der Waals surface area contributed by atoms with Gasteiger partial charge in [-0.1, -0.05) is 102 Å². The molecule has 2 aliphatic heterocycles. The summed E-state index contributed by atoms with van der Waals surface area (Å²) in [5.41, 5.74) is 5.25. The maximum atomic E-state index is 13.7. The zero-order valence-electron chi connectivity index (χ0n) is 18.3. The Labute approximate surface area is 202 Å². The zero-order valence-corrected chi connectivity index (χ0v) is 20.0. The maximum absolute atomic E-state index is 13.7. The van der Waals surface area contributed by atoms with Gasteiger partial charge in [0.05, 0.1) is 28.8 Å². The molecule has 0 saturated carbocycles. The normalized spacial score (nSPS) is 18.8. The summed E-state index contributed by atoms with van der Waals surface area (Å²) >= 11 is 6.82. The van der Waals surface area contributed by atoms with Gasteiger partial charge in [0.25, 0.3) is 11.8 Å². The molecule has 5 rings (SSSR count). The van der Waals surface area contributed by atoms with Crippen LogP contribution in [0.1, 0.15) is 35.2 Å². The lowest BCUT2D eigenvalue weighted by molar-refractivity contribution is -0.123. The molecule has 0 aliphatic carbocycles. The van der Waals surface area contributed by atoms with E-state index in [4.69, 9.17) is 12.2 Å². The first-order chi connectivity index (χ1) is 16.0. The van der Waals surface area contributed by atoms with Crippen molar-refractivity contribution in [3.05, 3.63) is 106 Å². The number of rotatable bonds is 4. The number of hydrogen-bond acceptors (Lipinski definition) is 4. The quantitative estimate of drug-likeness (QED) is 0.353. The van der Waals surface area contributed by atoms with Gasteiger partial charge in [-0.2, -0.15) is 0 Å². The number of aryl methyl sites for hydroxylation is 1. The van der Waals surface area contributed by atoms with Crippen molar-refractivity contribution >= 4 is 51.4 Å². The Balaban J connectivity index is 1.53. The average Bonchev–Trinajstić information content (AvgIpc) is 3.27. The predicted molar refractivity (Wildman–Crippen MR) is 138 cm³/mol. The van der Waals surface area contributed by atoms with Crippen LogP contribution < -0.4 is 4.90 Å². The van der Waals surface area contributed by atoms with Crippen LogP contribution in [-0.2, 0) is 16.1 Å². The lowest BCUT2D eigenvalue weighted by Gasteiger charge is -2.23. The fraction of sp³-hybridized carbons (Fsp3) is 0.148. The van der Waals surface area contributed by atoms with E-state index in [-0.39, 0.29) is 17.9 Å². The topological polar surface area (TPSA) is 40.6 Å². The molecule has 3 aromatic carbocycles. The van der Waals surface area contributed by atoms with Crippen molar-refractivity contribution in [1.29, 1.82) is 0 Å². The molecule has 2 aliphatic rings. The first kappa shape index (κ1) is 21.6. The van der Waals surface area contributed by atoms with E-state index in [1.165, 1.54) is 17.3 Å². The minimum absolute atomic E-state index is 0.162. The molecule has 0 bridgehead atoms. The second kappa shape index (κ2) is 8.61. The van der Waals surface area contributed by atoms with Crippen LogP contribution in [0.4, 0.5) is 5.69 Å². The van der Waals surface area contributed by atoms with Crippen molar-refractivity contribution in [3.63, 3.8) is 0 Å². The Bertz CT molecular complexity index is 1300. The molecule has 164 valence electrons. The van der Waals surface area contributed by atoms with Crippen LogP contribution in [0.25, 0.3) is 5.57 Å². The molecule has 1 fully saturated rings. The summed E-state index contributed by atoms with van der Waals surface area (Å²) in [5, 5.41) is 0. The molecule has 3 aromatic rings. The number of nitrogens with zero attached hydrogens (tertiary/aromatic N) is 2. The first-order valence-corrected chi connectivity index (χ1v) is 12.0. The van der Waals surface area contributed by atoms with Gasteiger partial charge >= 0.3 is 0 Å². The molecule has 0 N–H and O–H groups in total.